The Morgan fingerprint density at radius 1 is 1.04 bits per heavy atom. The summed E-state index contributed by atoms with van der Waals surface area (Å²) in [5.74, 6) is 0.909. The molecule has 1 atom stereocenters. The monoisotopic (exact) mass is 353 g/mol. The van der Waals surface area contributed by atoms with E-state index in [2.05, 4.69) is 102 Å². The van der Waals surface area contributed by atoms with Crippen molar-refractivity contribution in [1.82, 2.24) is 14.0 Å². The molecule has 4 rings (SSSR count). The molecule has 0 radical (unpaired) electrons. The van der Waals surface area contributed by atoms with Crippen LogP contribution in [-0.2, 0) is 4.74 Å². The van der Waals surface area contributed by atoms with Gasteiger partial charge in [-0.3, -0.25) is 0 Å². The third kappa shape index (κ3) is 3.07. The first-order valence-corrected chi connectivity index (χ1v) is 9.88. The van der Waals surface area contributed by atoms with Crippen molar-refractivity contribution in [2.45, 2.75) is 26.8 Å². The SMILES string of the molecule is CC(C)(C)[C@H]1CO/C(=C2\C=CC=C2P(n2cccc2)n2cccc2)N1. The first-order valence-electron chi connectivity index (χ1n) is 8.63. The van der Waals surface area contributed by atoms with E-state index in [0.29, 0.717) is 12.6 Å². The molecule has 0 spiro atoms. The number of nitrogens with one attached hydrogen (secondary N) is 1. The van der Waals surface area contributed by atoms with E-state index in [1.807, 2.05) is 0 Å². The van der Waals surface area contributed by atoms with Gasteiger partial charge in [-0.25, -0.2) is 0 Å². The molecule has 2 aromatic heterocycles. The summed E-state index contributed by atoms with van der Waals surface area (Å²) in [5.41, 5.74) is 1.33. The number of nitrogens with zero attached hydrogens (tertiary/aromatic N) is 2. The van der Waals surface area contributed by atoms with Crippen LogP contribution in [0.4, 0.5) is 0 Å². The van der Waals surface area contributed by atoms with Gasteiger partial charge < -0.3 is 18.7 Å². The molecule has 1 fully saturated rings. The lowest BCUT2D eigenvalue weighted by atomic mass is 9.88. The highest BCUT2D eigenvalue weighted by molar-refractivity contribution is 7.59. The van der Waals surface area contributed by atoms with Gasteiger partial charge in [0.15, 0.2) is 5.88 Å². The Morgan fingerprint density at radius 2 is 1.64 bits per heavy atom. The third-order valence-corrected chi connectivity index (χ3v) is 6.84. The van der Waals surface area contributed by atoms with Crippen LogP contribution in [-0.4, -0.2) is 21.3 Å². The third-order valence-electron chi connectivity index (χ3n) is 4.61. The zero-order valence-electron chi connectivity index (χ0n) is 14.9. The number of allylic oxidation sites excluding steroid dienone is 5. The van der Waals surface area contributed by atoms with Gasteiger partial charge in [0, 0.05) is 35.7 Å². The second-order valence-corrected chi connectivity index (χ2v) is 9.43. The van der Waals surface area contributed by atoms with Gasteiger partial charge in [-0.15, -0.1) is 0 Å². The number of aromatic nitrogens is 2. The van der Waals surface area contributed by atoms with Crippen molar-refractivity contribution in [2.24, 2.45) is 5.41 Å². The molecule has 1 aliphatic heterocycles. The predicted octanol–water partition coefficient (Wildman–Crippen LogP) is 4.70. The average molecular weight is 353 g/mol. The fourth-order valence-electron chi connectivity index (χ4n) is 3.08. The summed E-state index contributed by atoms with van der Waals surface area (Å²) in [6, 6.07) is 8.64. The maximum Gasteiger partial charge on any atom is 0.195 e. The Kier molecular flexibility index (Phi) is 4.09. The highest BCUT2D eigenvalue weighted by Crippen LogP contribution is 2.53. The van der Waals surface area contributed by atoms with Crippen LogP contribution in [0, 0.1) is 5.41 Å². The molecule has 1 saturated heterocycles. The van der Waals surface area contributed by atoms with Crippen LogP contribution in [0.15, 0.2) is 84.1 Å². The molecule has 25 heavy (non-hydrogen) atoms. The van der Waals surface area contributed by atoms with Crippen molar-refractivity contribution in [3.8, 4) is 0 Å². The minimum Gasteiger partial charge on any atom is -0.477 e. The van der Waals surface area contributed by atoms with Crippen LogP contribution in [0.5, 0.6) is 0 Å². The fourth-order valence-corrected chi connectivity index (χ4v) is 5.24. The molecule has 5 heteroatoms. The van der Waals surface area contributed by atoms with E-state index in [4.69, 9.17) is 4.74 Å². The molecule has 1 aliphatic carbocycles. The number of rotatable bonds is 3. The number of hydrogen-bond donors (Lipinski definition) is 1. The lowest BCUT2D eigenvalue weighted by Gasteiger charge is -2.25. The van der Waals surface area contributed by atoms with E-state index in [9.17, 15) is 0 Å². The van der Waals surface area contributed by atoms with Crippen LogP contribution in [0.25, 0.3) is 0 Å². The lowest BCUT2D eigenvalue weighted by molar-refractivity contribution is 0.214. The molecule has 130 valence electrons. The number of ether oxygens (including phenoxy) is 1. The van der Waals surface area contributed by atoms with Gasteiger partial charge >= 0.3 is 0 Å². The van der Waals surface area contributed by atoms with Gasteiger partial charge in [0.05, 0.1) is 6.04 Å². The van der Waals surface area contributed by atoms with Crippen LogP contribution in [0.2, 0.25) is 0 Å². The molecule has 0 saturated carbocycles. The molecular weight excluding hydrogens is 329 g/mol. The maximum absolute atomic E-state index is 6.06. The molecule has 0 aromatic carbocycles. The first kappa shape index (κ1) is 16.3. The summed E-state index contributed by atoms with van der Waals surface area (Å²) < 4.78 is 10.6. The average Bonchev–Trinajstić information content (AvgIpc) is 3.36. The van der Waals surface area contributed by atoms with E-state index in [1.54, 1.807) is 0 Å². The van der Waals surface area contributed by atoms with Crippen molar-refractivity contribution >= 4 is 8.22 Å². The van der Waals surface area contributed by atoms with Gasteiger partial charge in [0.25, 0.3) is 0 Å². The van der Waals surface area contributed by atoms with Crippen LogP contribution in [0.1, 0.15) is 20.8 Å². The minimum atomic E-state index is -0.722. The molecule has 0 unspecified atom stereocenters. The zero-order valence-corrected chi connectivity index (χ0v) is 15.8. The van der Waals surface area contributed by atoms with E-state index in [0.717, 1.165) is 5.88 Å². The van der Waals surface area contributed by atoms with E-state index in [-0.39, 0.29) is 5.41 Å². The molecule has 3 heterocycles. The van der Waals surface area contributed by atoms with Crippen molar-refractivity contribution in [1.29, 1.82) is 0 Å². The van der Waals surface area contributed by atoms with Gasteiger partial charge in [0.1, 0.15) is 14.8 Å². The van der Waals surface area contributed by atoms with Crippen molar-refractivity contribution < 1.29 is 4.74 Å². The summed E-state index contributed by atoms with van der Waals surface area (Å²) in [6.07, 6.45) is 15.0. The highest BCUT2D eigenvalue weighted by atomic mass is 31.1. The Hall–Kier alpha value is -2.19. The molecule has 1 N–H and O–H groups in total. The molecule has 0 bridgehead atoms. The molecule has 2 aromatic rings. The van der Waals surface area contributed by atoms with E-state index >= 15 is 0 Å². The molecule has 0 amide bonds. The lowest BCUT2D eigenvalue weighted by Crippen LogP contribution is -2.36. The van der Waals surface area contributed by atoms with Gasteiger partial charge in [-0.05, 0) is 35.8 Å². The predicted molar refractivity (Wildman–Crippen MR) is 103 cm³/mol. The second kappa shape index (κ2) is 6.27. The van der Waals surface area contributed by atoms with Crippen molar-refractivity contribution in [2.75, 3.05) is 6.61 Å². The van der Waals surface area contributed by atoms with Crippen LogP contribution in [0.3, 0.4) is 0 Å². The Labute approximate surface area is 150 Å². The Bertz CT molecular complexity index is 789. The van der Waals surface area contributed by atoms with Crippen LogP contribution < -0.4 is 5.32 Å². The highest BCUT2D eigenvalue weighted by Gasteiger charge is 2.34. The summed E-state index contributed by atoms with van der Waals surface area (Å²) in [6.45, 7) is 7.45. The molecule has 2 aliphatic rings. The topological polar surface area (TPSA) is 31.1 Å². The van der Waals surface area contributed by atoms with Crippen molar-refractivity contribution in [3.05, 3.63) is 84.1 Å². The summed E-state index contributed by atoms with van der Waals surface area (Å²) >= 11 is 0. The Balaban J connectivity index is 1.71. The molecular formula is C20H24N3OP. The normalized spacial score (nSPS) is 23.0. The smallest absolute Gasteiger partial charge is 0.195 e. The van der Waals surface area contributed by atoms with Gasteiger partial charge in [-0.2, -0.15) is 0 Å². The largest absolute Gasteiger partial charge is 0.477 e. The zero-order chi connectivity index (χ0) is 17.4. The minimum absolute atomic E-state index is 0.167. The van der Waals surface area contributed by atoms with E-state index in [1.165, 1.54) is 10.9 Å². The Morgan fingerprint density at radius 3 is 2.16 bits per heavy atom. The van der Waals surface area contributed by atoms with Gasteiger partial charge in [-0.1, -0.05) is 32.9 Å². The maximum atomic E-state index is 6.06. The fraction of sp³-hybridized carbons (Fsp3) is 0.300. The van der Waals surface area contributed by atoms with Crippen molar-refractivity contribution in [3.63, 3.8) is 0 Å². The standard InChI is InChI=1S/C20H24N3OP/c1-20(2,3)18-15-24-19(21-18)16-9-8-10-17(16)25(22-11-4-5-12-22)23-13-6-7-14-23/h4-14,18,21H,15H2,1-3H3/b19-16+/t18-/m1/s1. The van der Waals surface area contributed by atoms with Gasteiger partial charge in [0.2, 0.25) is 0 Å². The quantitative estimate of drug-likeness (QED) is 0.811. The first-order chi connectivity index (χ1) is 12.0. The summed E-state index contributed by atoms with van der Waals surface area (Å²) in [7, 11) is -0.722. The summed E-state index contributed by atoms with van der Waals surface area (Å²) in [5, 5.41) is 4.90. The number of hydrogen-bond acceptors (Lipinski definition) is 2. The van der Waals surface area contributed by atoms with Crippen LogP contribution >= 0.6 is 8.22 Å². The van der Waals surface area contributed by atoms with E-state index < -0.39 is 8.22 Å². The second-order valence-electron chi connectivity index (χ2n) is 7.44. The summed E-state index contributed by atoms with van der Waals surface area (Å²) in [4.78, 5) is 0. The molecule has 4 nitrogen and oxygen atoms in total.